The number of carboxylic acid groups (broad SMARTS) is 1. The molecule has 2 unspecified atom stereocenters. The van der Waals surface area contributed by atoms with Crippen LogP contribution in [-0.4, -0.2) is 53.7 Å². The molecule has 0 fully saturated rings. The molecule has 0 aliphatic carbocycles. The largest absolute Gasteiger partial charge is 0.481 e. The highest BCUT2D eigenvalue weighted by molar-refractivity contribution is 6.01. The molecule has 3 N–H and O–H groups in total. The SMILES string of the molecule is Cn1nnnc1C(/C=C/C(O)CC(O)CC(=O)O)=C(/c1ccc(F)cc1)c1cc2ccccc2o1. The van der Waals surface area contributed by atoms with Gasteiger partial charge in [-0.1, -0.05) is 42.5 Å². The van der Waals surface area contributed by atoms with Crippen LogP contribution in [0.3, 0.4) is 0 Å². The Bertz CT molecular complexity index is 1360. The monoisotopic (exact) mass is 478 g/mol. The molecule has 35 heavy (non-hydrogen) atoms. The molecule has 9 nitrogen and oxygen atoms in total. The predicted octanol–water partition coefficient (Wildman–Crippen LogP) is 3.20. The lowest BCUT2D eigenvalue weighted by Gasteiger charge is -2.13. The van der Waals surface area contributed by atoms with E-state index in [4.69, 9.17) is 9.52 Å². The number of halogens is 1. The lowest BCUT2D eigenvalue weighted by Crippen LogP contribution is -2.19. The van der Waals surface area contributed by atoms with Gasteiger partial charge in [-0.3, -0.25) is 4.79 Å². The van der Waals surface area contributed by atoms with Crippen LogP contribution >= 0.6 is 0 Å². The first kappa shape index (κ1) is 24.0. The number of carboxylic acids is 1. The highest BCUT2D eigenvalue weighted by Crippen LogP contribution is 2.35. The van der Waals surface area contributed by atoms with Gasteiger partial charge >= 0.3 is 5.97 Å². The Morgan fingerprint density at radius 1 is 1.17 bits per heavy atom. The maximum Gasteiger partial charge on any atom is 0.305 e. The fourth-order valence-electron chi connectivity index (χ4n) is 3.73. The van der Waals surface area contributed by atoms with Gasteiger partial charge in [-0.15, -0.1) is 5.10 Å². The van der Waals surface area contributed by atoms with Gasteiger partial charge in [-0.05, 0) is 40.3 Å². The van der Waals surface area contributed by atoms with Crippen LogP contribution in [0.1, 0.15) is 30.0 Å². The second-order valence-corrected chi connectivity index (χ2v) is 7.98. The first-order valence-electron chi connectivity index (χ1n) is 10.8. The zero-order valence-electron chi connectivity index (χ0n) is 18.7. The smallest absolute Gasteiger partial charge is 0.305 e. The maximum atomic E-state index is 13.7. The Morgan fingerprint density at radius 2 is 1.91 bits per heavy atom. The summed E-state index contributed by atoms with van der Waals surface area (Å²) in [4.78, 5) is 10.8. The van der Waals surface area contributed by atoms with Crippen molar-refractivity contribution in [2.45, 2.75) is 25.0 Å². The first-order valence-corrected chi connectivity index (χ1v) is 10.8. The van der Waals surface area contributed by atoms with Crippen molar-refractivity contribution in [2.75, 3.05) is 0 Å². The minimum Gasteiger partial charge on any atom is -0.481 e. The quantitative estimate of drug-likeness (QED) is 0.312. The molecule has 0 saturated carbocycles. The lowest BCUT2D eigenvalue weighted by atomic mass is 9.95. The molecule has 2 heterocycles. The van der Waals surface area contributed by atoms with E-state index >= 15 is 0 Å². The summed E-state index contributed by atoms with van der Waals surface area (Å²) >= 11 is 0. The minimum absolute atomic E-state index is 0.177. The van der Waals surface area contributed by atoms with Gasteiger partial charge in [0.2, 0.25) is 0 Å². The number of tetrazole rings is 1. The number of hydrogen-bond donors (Lipinski definition) is 3. The molecule has 4 rings (SSSR count). The summed E-state index contributed by atoms with van der Waals surface area (Å²) in [5.74, 6) is -0.749. The van der Waals surface area contributed by atoms with E-state index in [1.54, 1.807) is 25.3 Å². The van der Waals surface area contributed by atoms with Gasteiger partial charge in [-0.25, -0.2) is 9.07 Å². The minimum atomic E-state index is -1.22. The number of aromatic nitrogens is 4. The zero-order valence-corrected chi connectivity index (χ0v) is 18.7. The number of para-hydroxylation sites is 1. The second kappa shape index (κ2) is 10.4. The number of aryl methyl sites for hydroxylation is 1. The number of furan rings is 1. The average Bonchev–Trinajstić information content (AvgIpc) is 3.42. The summed E-state index contributed by atoms with van der Waals surface area (Å²) in [7, 11) is 1.65. The van der Waals surface area contributed by atoms with E-state index in [1.807, 2.05) is 30.3 Å². The van der Waals surface area contributed by atoms with Crippen LogP contribution in [0, 0.1) is 5.82 Å². The molecule has 0 aliphatic rings. The number of aliphatic hydroxyl groups is 2. The Morgan fingerprint density at radius 3 is 2.57 bits per heavy atom. The number of aliphatic hydroxyl groups excluding tert-OH is 2. The first-order chi connectivity index (χ1) is 16.8. The summed E-state index contributed by atoms with van der Waals surface area (Å²) < 4.78 is 21.3. The van der Waals surface area contributed by atoms with Crippen molar-refractivity contribution in [1.29, 1.82) is 0 Å². The highest BCUT2D eigenvalue weighted by atomic mass is 19.1. The molecule has 0 spiro atoms. The van der Waals surface area contributed by atoms with Crippen LogP contribution in [0.15, 0.2) is 71.2 Å². The molecule has 0 aliphatic heterocycles. The fourth-order valence-corrected chi connectivity index (χ4v) is 3.73. The second-order valence-electron chi connectivity index (χ2n) is 7.98. The van der Waals surface area contributed by atoms with Crippen LogP contribution < -0.4 is 0 Å². The van der Waals surface area contributed by atoms with Crippen LogP contribution in [0.25, 0.3) is 22.1 Å². The van der Waals surface area contributed by atoms with Crippen LogP contribution in [0.2, 0.25) is 0 Å². The van der Waals surface area contributed by atoms with Gasteiger partial charge < -0.3 is 19.7 Å². The van der Waals surface area contributed by atoms with Crippen LogP contribution in [0.4, 0.5) is 4.39 Å². The normalized spacial score (nSPS) is 14.3. The van der Waals surface area contributed by atoms with Gasteiger partial charge in [0.05, 0.1) is 18.6 Å². The Kier molecular flexibility index (Phi) is 7.14. The number of hydrogen-bond acceptors (Lipinski definition) is 7. The van der Waals surface area contributed by atoms with Gasteiger partial charge in [0, 0.05) is 30.0 Å². The molecule has 0 radical (unpaired) electrons. The van der Waals surface area contributed by atoms with E-state index in [9.17, 15) is 19.4 Å². The number of benzene rings is 2. The van der Waals surface area contributed by atoms with E-state index in [0.29, 0.717) is 33.9 Å². The van der Waals surface area contributed by atoms with Crippen molar-refractivity contribution in [2.24, 2.45) is 7.05 Å². The summed E-state index contributed by atoms with van der Waals surface area (Å²) in [6.45, 7) is 0. The van der Waals surface area contributed by atoms with Crippen molar-refractivity contribution in [3.63, 3.8) is 0 Å². The van der Waals surface area contributed by atoms with E-state index in [2.05, 4.69) is 15.5 Å². The molecule has 0 amide bonds. The zero-order chi connectivity index (χ0) is 24.9. The maximum absolute atomic E-state index is 13.7. The topological polar surface area (TPSA) is 134 Å². The summed E-state index contributed by atoms with van der Waals surface area (Å²) in [5.41, 5.74) is 2.29. The Balaban J connectivity index is 1.87. The molecule has 10 heteroatoms. The van der Waals surface area contributed by atoms with E-state index in [-0.39, 0.29) is 6.42 Å². The highest BCUT2D eigenvalue weighted by Gasteiger charge is 2.21. The number of aliphatic carboxylic acids is 1. The molecule has 180 valence electrons. The van der Waals surface area contributed by atoms with Crippen LogP contribution in [-0.2, 0) is 11.8 Å². The molecular weight excluding hydrogens is 455 g/mol. The van der Waals surface area contributed by atoms with E-state index in [1.165, 1.54) is 22.9 Å². The van der Waals surface area contributed by atoms with E-state index in [0.717, 1.165) is 5.39 Å². The lowest BCUT2D eigenvalue weighted by molar-refractivity contribution is -0.139. The summed E-state index contributed by atoms with van der Waals surface area (Å²) in [6.07, 6.45) is -0.0324. The third-order valence-corrected chi connectivity index (χ3v) is 5.34. The van der Waals surface area contributed by atoms with Gasteiger partial charge in [-0.2, -0.15) is 0 Å². The summed E-state index contributed by atoms with van der Waals surface area (Å²) in [6, 6.07) is 15.2. The van der Waals surface area contributed by atoms with Crippen molar-refractivity contribution >= 4 is 28.1 Å². The number of carbonyl (C=O) groups is 1. The van der Waals surface area contributed by atoms with E-state index < -0.39 is 30.4 Å². The van der Waals surface area contributed by atoms with Gasteiger partial charge in [0.15, 0.2) is 5.82 Å². The Labute approximate surface area is 199 Å². The predicted molar refractivity (Wildman–Crippen MR) is 125 cm³/mol. The fraction of sp³-hybridized carbons (Fsp3) is 0.200. The molecule has 2 atom stereocenters. The number of fused-ring (bicyclic) bond motifs is 1. The Hall–Kier alpha value is -4.15. The van der Waals surface area contributed by atoms with Gasteiger partial charge in [0.1, 0.15) is 17.2 Å². The molecule has 2 aromatic carbocycles. The standard InChI is InChI=1S/C25H23FN4O5/c1-30-25(27-28-29-30)20(11-10-18(31)13-19(32)14-23(33)34)24(15-6-8-17(26)9-7-15)22-12-16-4-2-3-5-21(16)35-22/h2-12,18-19,31-32H,13-14H2,1H3,(H,33,34)/b11-10+,24-20-. The number of allylic oxidation sites excluding steroid dienone is 2. The van der Waals surface area contributed by atoms with Crippen LogP contribution in [0.5, 0.6) is 0 Å². The molecular formula is C25H23FN4O5. The average molecular weight is 478 g/mol. The van der Waals surface area contributed by atoms with Crippen molar-refractivity contribution in [3.05, 3.63) is 89.7 Å². The third kappa shape index (κ3) is 5.68. The molecule has 4 aromatic rings. The van der Waals surface area contributed by atoms with Crippen molar-refractivity contribution in [3.8, 4) is 0 Å². The number of rotatable bonds is 9. The van der Waals surface area contributed by atoms with Crippen molar-refractivity contribution < 1.29 is 28.9 Å². The number of nitrogens with zero attached hydrogens (tertiary/aromatic N) is 4. The summed E-state index contributed by atoms with van der Waals surface area (Å²) in [5, 5.41) is 41.7. The molecule has 0 bridgehead atoms. The van der Waals surface area contributed by atoms with Crippen molar-refractivity contribution in [1.82, 2.24) is 20.2 Å². The third-order valence-electron chi connectivity index (χ3n) is 5.34. The molecule has 2 aromatic heterocycles. The molecule has 0 saturated heterocycles. The van der Waals surface area contributed by atoms with Gasteiger partial charge in [0.25, 0.3) is 0 Å².